The second-order valence-corrected chi connectivity index (χ2v) is 14.0. The second-order valence-electron chi connectivity index (χ2n) is 13.6. The molecule has 46 heavy (non-hydrogen) atoms. The van der Waals surface area contributed by atoms with Gasteiger partial charge in [0.15, 0.2) is 0 Å². The quantitative estimate of drug-likeness (QED) is 0.242. The average Bonchev–Trinajstić information content (AvgIpc) is 3.82. The lowest BCUT2D eigenvalue weighted by Gasteiger charge is -2.39. The molecule has 4 heterocycles. The summed E-state index contributed by atoms with van der Waals surface area (Å²) in [6.45, 7) is 4.29. The molecule has 1 unspecified atom stereocenters. The number of aromatic nitrogens is 1. The van der Waals surface area contributed by atoms with Crippen molar-refractivity contribution in [3.63, 3.8) is 0 Å². The molecule has 9 heteroatoms. The van der Waals surface area contributed by atoms with Crippen LogP contribution in [0.3, 0.4) is 0 Å². The Hall–Kier alpha value is -3.88. The highest BCUT2D eigenvalue weighted by Gasteiger charge is 2.43. The molecule has 0 N–H and O–H groups in total. The Bertz CT molecular complexity index is 1900. The van der Waals surface area contributed by atoms with Gasteiger partial charge in [0, 0.05) is 43.2 Å². The number of benzene rings is 3. The molecule has 0 radical (unpaired) electrons. The van der Waals surface area contributed by atoms with Crippen molar-refractivity contribution in [1.82, 2.24) is 19.3 Å². The summed E-state index contributed by atoms with van der Waals surface area (Å²) >= 11 is 6.59. The molecule has 4 aliphatic rings. The van der Waals surface area contributed by atoms with Crippen LogP contribution in [0.2, 0.25) is 5.02 Å². The molecule has 8 rings (SSSR count). The van der Waals surface area contributed by atoms with Gasteiger partial charge in [-0.15, -0.1) is 0 Å². The Morgan fingerprint density at radius 2 is 1.85 bits per heavy atom. The molecule has 2 amide bonds. The molecule has 1 spiro atoms. The highest BCUT2D eigenvalue weighted by molar-refractivity contribution is 6.37. The Labute approximate surface area is 273 Å². The fourth-order valence-corrected chi connectivity index (χ4v) is 8.83. The number of aryl methyl sites for hydroxylation is 2. The van der Waals surface area contributed by atoms with E-state index in [0.717, 1.165) is 80.4 Å². The predicted molar refractivity (Wildman–Crippen MR) is 176 cm³/mol. The molecule has 0 saturated carbocycles. The molecular formula is C37H38ClFN4O3. The zero-order valence-corrected chi connectivity index (χ0v) is 27.1. The number of fused-ring (bicyclic) bond motifs is 4. The fraction of sp³-hybridized carbons (Fsp3) is 0.405. The van der Waals surface area contributed by atoms with E-state index in [1.165, 1.54) is 11.6 Å². The van der Waals surface area contributed by atoms with Crippen molar-refractivity contribution in [2.75, 3.05) is 33.3 Å². The van der Waals surface area contributed by atoms with Gasteiger partial charge in [-0.3, -0.25) is 14.5 Å². The maximum atomic E-state index is 14.6. The van der Waals surface area contributed by atoms with Gasteiger partial charge in [-0.05, 0) is 98.1 Å². The first-order valence-electron chi connectivity index (χ1n) is 16.3. The fourth-order valence-electron chi connectivity index (χ4n) is 8.57. The minimum Gasteiger partial charge on any atom is -0.496 e. The Kier molecular flexibility index (Phi) is 7.14. The van der Waals surface area contributed by atoms with Crippen LogP contribution in [0.15, 0.2) is 54.6 Å². The van der Waals surface area contributed by atoms with Gasteiger partial charge in [-0.1, -0.05) is 29.8 Å². The zero-order valence-electron chi connectivity index (χ0n) is 26.3. The minimum atomic E-state index is -0.231. The number of rotatable bonds is 5. The van der Waals surface area contributed by atoms with Gasteiger partial charge < -0.3 is 19.1 Å². The zero-order chi connectivity index (χ0) is 31.7. The van der Waals surface area contributed by atoms with Gasteiger partial charge in [-0.25, -0.2) is 4.39 Å². The maximum absolute atomic E-state index is 14.6. The lowest BCUT2D eigenvalue weighted by Crippen LogP contribution is -2.42. The van der Waals surface area contributed by atoms with Crippen LogP contribution >= 0.6 is 11.6 Å². The predicted octanol–water partition coefficient (Wildman–Crippen LogP) is 6.75. The smallest absolute Gasteiger partial charge is 0.257 e. The molecule has 0 bridgehead atoms. The molecule has 1 atom stereocenters. The molecule has 4 aromatic rings. The Morgan fingerprint density at radius 3 is 2.65 bits per heavy atom. The largest absolute Gasteiger partial charge is 0.496 e. The van der Waals surface area contributed by atoms with Crippen molar-refractivity contribution in [2.45, 2.75) is 51.2 Å². The normalized spacial score (nSPS) is 20.6. The standard InChI is InChI=1S/C37H38ClFN4O3/c1-40-30-7-3-5-27(38)33(30)34-31(40)21-43(36(34)45)29-12-11-23-9-10-24(19-25(23)29)35(44)42-18-15-37(22-42)13-16-41(17-14-37)20-26-28(39)6-4-8-32(26)46-2/h3-10,19,29H,11-18,20-22H2,1-2H3. The number of amides is 2. The number of likely N-dealkylation sites (tertiary alicyclic amines) is 2. The summed E-state index contributed by atoms with van der Waals surface area (Å²) in [7, 11) is 3.58. The van der Waals surface area contributed by atoms with E-state index in [-0.39, 0.29) is 29.1 Å². The van der Waals surface area contributed by atoms with Crippen molar-refractivity contribution in [3.05, 3.63) is 98.9 Å². The molecule has 1 aromatic heterocycles. The van der Waals surface area contributed by atoms with Gasteiger partial charge in [0.1, 0.15) is 11.6 Å². The average molecular weight is 641 g/mol. The highest BCUT2D eigenvalue weighted by Crippen LogP contribution is 2.45. The maximum Gasteiger partial charge on any atom is 0.257 e. The van der Waals surface area contributed by atoms with Crippen LogP contribution in [0.4, 0.5) is 4.39 Å². The number of halogens is 2. The van der Waals surface area contributed by atoms with Gasteiger partial charge in [0.2, 0.25) is 0 Å². The minimum absolute atomic E-state index is 0.0181. The van der Waals surface area contributed by atoms with Gasteiger partial charge in [0.25, 0.3) is 11.8 Å². The Morgan fingerprint density at radius 1 is 1.07 bits per heavy atom. The van der Waals surface area contributed by atoms with Crippen LogP contribution < -0.4 is 4.74 Å². The number of nitrogens with zero attached hydrogens (tertiary/aromatic N) is 4. The highest BCUT2D eigenvalue weighted by atomic mass is 35.5. The van der Waals surface area contributed by atoms with Crippen LogP contribution in [0.5, 0.6) is 5.75 Å². The number of piperidine rings is 1. The number of methoxy groups -OCH3 is 1. The first-order chi connectivity index (χ1) is 22.3. The topological polar surface area (TPSA) is 58.0 Å². The van der Waals surface area contributed by atoms with Crippen molar-refractivity contribution in [3.8, 4) is 5.75 Å². The summed E-state index contributed by atoms with van der Waals surface area (Å²) in [4.78, 5) is 34.1. The van der Waals surface area contributed by atoms with E-state index in [0.29, 0.717) is 40.6 Å². The van der Waals surface area contributed by atoms with Crippen molar-refractivity contribution < 1.29 is 18.7 Å². The first-order valence-corrected chi connectivity index (χ1v) is 16.7. The summed E-state index contributed by atoms with van der Waals surface area (Å²) in [5, 5.41) is 1.43. The van der Waals surface area contributed by atoms with Gasteiger partial charge in [-0.2, -0.15) is 0 Å². The van der Waals surface area contributed by atoms with Crippen LogP contribution in [-0.4, -0.2) is 64.4 Å². The summed E-state index contributed by atoms with van der Waals surface area (Å²) in [6, 6.07) is 16.8. The summed E-state index contributed by atoms with van der Waals surface area (Å²) in [5.74, 6) is 0.443. The number of ether oxygens (including phenoxy) is 1. The van der Waals surface area contributed by atoms with Gasteiger partial charge >= 0.3 is 0 Å². The first kappa shape index (κ1) is 29.5. The molecule has 1 aliphatic carbocycles. The van der Waals surface area contributed by atoms with Crippen LogP contribution in [-0.2, 0) is 26.6 Å². The summed E-state index contributed by atoms with van der Waals surface area (Å²) in [6.07, 6.45) is 4.69. The van der Waals surface area contributed by atoms with Crippen LogP contribution in [0.25, 0.3) is 10.9 Å². The molecular weight excluding hydrogens is 603 g/mol. The van der Waals surface area contributed by atoms with Gasteiger partial charge in [0.05, 0.1) is 41.5 Å². The number of hydrogen-bond donors (Lipinski definition) is 0. The molecule has 3 aliphatic heterocycles. The number of carbonyl (C=O) groups excluding carboxylic acids is 2. The van der Waals surface area contributed by atoms with Crippen molar-refractivity contribution >= 4 is 34.3 Å². The summed E-state index contributed by atoms with van der Waals surface area (Å²) in [5.41, 5.74) is 6.39. The lowest BCUT2D eigenvalue weighted by atomic mass is 9.77. The van der Waals surface area contributed by atoms with E-state index in [9.17, 15) is 14.0 Å². The third kappa shape index (κ3) is 4.63. The molecule has 238 valence electrons. The number of hydrogen-bond acceptors (Lipinski definition) is 4. The molecule has 2 fully saturated rings. The van der Waals surface area contributed by atoms with E-state index in [2.05, 4.69) is 15.5 Å². The second kappa shape index (κ2) is 11.1. The van der Waals surface area contributed by atoms with E-state index in [1.54, 1.807) is 13.2 Å². The third-order valence-electron chi connectivity index (χ3n) is 11.2. The van der Waals surface area contributed by atoms with Crippen molar-refractivity contribution in [1.29, 1.82) is 0 Å². The van der Waals surface area contributed by atoms with Crippen LogP contribution in [0, 0.1) is 11.2 Å². The molecule has 2 saturated heterocycles. The van der Waals surface area contributed by atoms with Crippen molar-refractivity contribution in [2.24, 2.45) is 12.5 Å². The van der Waals surface area contributed by atoms with E-state index in [4.69, 9.17) is 16.3 Å². The lowest BCUT2D eigenvalue weighted by molar-refractivity contribution is 0.0701. The molecule has 3 aromatic carbocycles. The SMILES string of the molecule is COc1cccc(F)c1CN1CCC2(CC1)CCN(C(=O)c1ccc3c(c1)C(N1Cc4c(c5c(Cl)cccc5n4C)C1=O)CC3)C2. The van der Waals surface area contributed by atoms with Crippen LogP contribution in [0.1, 0.15) is 74.8 Å². The summed E-state index contributed by atoms with van der Waals surface area (Å²) < 4.78 is 22.1. The Balaban J connectivity index is 0.958. The molecule has 7 nitrogen and oxygen atoms in total. The third-order valence-corrected chi connectivity index (χ3v) is 11.5. The van der Waals surface area contributed by atoms with E-state index >= 15 is 0 Å². The number of carbonyl (C=O) groups is 2. The van der Waals surface area contributed by atoms with E-state index < -0.39 is 0 Å². The van der Waals surface area contributed by atoms with E-state index in [1.807, 2.05) is 53.2 Å². The monoisotopic (exact) mass is 640 g/mol.